The maximum Gasteiger partial charge on any atom is -0.0190 e. The van der Waals surface area contributed by atoms with Crippen molar-refractivity contribution in [1.29, 1.82) is 0 Å². The van der Waals surface area contributed by atoms with Gasteiger partial charge in [-0.15, -0.1) is 0 Å². The lowest BCUT2D eigenvalue weighted by molar-refractivity contribution is 0.701. The summed E-state index contributed by atoms with van der Waals surface area (Å²) in [5, 5.41) is 0. The Morgan fingerprint density at radius 2 is 1.33 bits per heavy atom. The molecule has 0 spiro atoms. The van der Waals surface area contributed by atoms with Gasteiger partial charge in [0.2, 0.25) is 0 Å². The van der Waals surface area contributed by atoms with Crippen LogP contribution in [0.2, 0.25) is 0 Å². The minimum Gasteiger partial charge on any atom is -0.0648 e. The summed E-state index contributed by atoms with van der Waals surface area (Å²) >= 11 is 0. The molecular formula is C15H24. The molecule has 0 saturated carbocycles. The fourth-order valence-electron chi connectivity index (χ4n) is 2.18. The van der Waals surface area contributed by atoms with Crippen LogP contribution in [-0.2, 0) is 0 Å². The first-order chi connectivity index (χ1) is 7.11. The second-order valence-corrected chi connectivity index (χ2v) is 4.68. The SMILES string of the molecule is CCC(C)c1cccc(C(C)CC)c1C. The summed E-state index contributed by atoms with van der Waals surface area (Å²) in [6, 6.07) is 6.79. The van der Waals surface area contributed by atoms with Gasteiger partial charge in [0.15, 0.2) is 0 Å². The van der Waals surface area contributed by atoms with Crippen LogP contribution in [0.25, 0.3) is 0 Å². The van der Waals surface area contributed by atoms with E-state index in [0.29, 0.717) is 11.8 Å². The van der Waals surface area contributed by atoms with Crippen LogP contribution in [-0.4, -0.2) is 0 Å². The molecule has 0 fully saturated rings. The van der Waals surface area contributed by atoms with E-state index in [1.807, 2.05) is 0 Å². The number of benzene rings is 1. The third kappa shape index (κ3) is 2.62. The Bertz CT molecular complexity index is 284. The van der Waals surface area contributed by atoms with Crippen LogP contribution >= 0.6 is 0 Å². The molecule has 0 saturated heterocycles. The third-order valence-corrected chi connectivity index (χ3v) is 3.70. The highest BCUT2D eigenvalue weighted by atomic mass is 14.2. The molecule has 0 aromatic heterocycles. The lowest BCUT2D eigenvalue weighted by atomic mass is 9.86. The van der Waals surface area contributed by atoms with Gasteiger partial charge in [0.25, 0.3) is 0 Å². The van der Waals surface area contributed by atoms with Gasteiger partial charge in [-0.25, -0.2) is 0 Å². The van der Waals surface area contributed by atoms with Crippen molar-refractivity contribution >= 4 is 0 Å². The summed E-state index contributed by atoms with van der Waals surface area (Å²) in [4.78, 5) is 0. The van der Waals surface area contributed by atoms with Gasteiger partial charge >= 0.3 is 0 Å². The Balaban J connectivity index is 3.11. The predicted octanol–water partition coefficient (Wildman–Crippen LogP) is 5.02. The first-order valence-electron chi connectivity index (χ1n) is 6.21. The highest BCUT2D eigenvalue weighted by molar-refractivity contribution is 5.38. The summed E-state index contributed by atoms with van der Waals surface area (Å²) in [5.41, 5.74) is 4.59. The normalized spacial score (nSPS) is 15.0. The van der Waals surface area contributed by atoms with Crippen LogP contribution in [0, 0.1) is 6.92 Å². The van der Waals surface area contributed by atoms with Gasteiger partial charge in [0.1, 0.15) is 0 Å². The standard InChI is InChI=1S/C15H24/c1-6-11(3)14-9-8-10-15(13(14)5)12(4)7-2/h8-12H,6-7H2,1-5H3. The summed E-state index contributed by atoms with van der Waals surface area (Å²) in [7, 11) is 0. The Kier molecular flexibility index (Phi) is 4.38. The smallest absolute Gasteiger partial charge is 0.0190 e. The molecule has 2 atom stereocenters. The molecule has 0 heteroatoms. The molecule has 0 bridgehead atoms. The second-order valence-electron chi connectivity index (χ2n) is 4.68. The Hall–Kier alpha value is -0.780. The first kappa shape index (κ1) is 12.3. The Labute approximate surface area is 94.7 Å². The van der Waals surface area contributed by atoms with Crippen molar-refractivity contribution in [1.82, 2.24) is 0 Å². The van der Waals surface area contributed by atoms with E-state index >= 15 is 0 Å². The minimum absolute atomic E-state index is 0.689. The molecule has 84 valence electrons. The van der Waals surface area contributed by atoms with Crippen LogP contribution < -0.4 is 0 Å². The van der Waals surface area contributed by atoms with Gasteiger partial charge in [-0.05, 0) is 48.3 Å². The summed E-state index contributed by atoms with van der Waals surface area (Å²) < 4.78 is 0. The van der Waals surface area contributed by atoms with Gasteiger partial charge < -0.3 is 0 Å². The summed E-state index contributed by atoms with van der Waals surface area (Å²) in [6.45, 7) is 11.5. The quantitative estimate of drug-likeness (QED) is 0.646. The van der Waals surface area contributed by atoms with E-state index in [0.717, 1.165) is 0 Å². The van der Waals surface area contributed by atoms with E-state index in [2.05, 4.69) is 52.8 Å². The van der Waals surface area contributed by atoms with Crippen LogP contribution in [0.5, 0.6) is 0 Å². The summed E-state index contributed by atoms with van der Waals surface area (Å²) in [5.74, 6) is 1.38. The average molecular weight is 204 g/mol. The van der Waals surface area contributed by atoms with Crippen molar-refractivity contribution < 1.29 is 0 Å². The van der Waals surface area contributed by atoms with Crippen molar-refractivity contribution in [3.05, 3.63) is 34.9 Å². The predicted molar refractivity (Wildman–Crippen MR) is 68.6 cm³/mol. The largest absolute Gasteiger partial charge is 0.0648 e. The first-order valence-corrected chi connectivity index (χ1v) is 6.21. The monoisotopic (exact) mass is 204 g/mol. The molecule has 2 unspecified atom stereocenters. The van der Waals surface area contributed by atoms with E-state index in [-0.39, 0.29) is 0 Å². The number of rotatable bonds is 4. The lowest BCUT2D eigenvalue weighted by Crippen LogP contribution is -2.01. The van der Waals surface area contributed by atoms with E-state index in [1.54, 1.807) is 0 Å². The summed E-state index contributed by atoms with van der Waals surface area (Å²) in [6.07, 6.45) is 2.45. The Morgan fingerprint density at radius 1 is 0.933 bits per heavy atom. The molecule has 0 N–H and O–H groups in total. The van der Waals surface area contributed by atoms with E-state index in [1.165, 1.54) is 29.5 Å². The average Bonchev–Trinajstić information content (AvgIpc) is 2.27. The van der Waals surface area contributed by atoms with Gasteiger partial charge in [0, 0.05) is 0 Å². The lowest BCUT2D eigenvalue weighted by Gasteiger charge is -2.19. The molecule has 0 aliphatic carbocycles. The van der Waals surface area contributed by atoms with Crippen molar-refractivity contribution in [3.8, 4) is 0 Å². The van der Waals surface area contributed by atoms with Gasteiger partial charge in [-0.3, -0.25) is 0 Å². The number of hydrogen-bond acceptors (Lipinski definition) is 0. The molecule has 1 aromatic rings. The molecule has 0 nitrogen and oxygen atoms in total. The zero-order valence-electron chi connectivity index (χ0n) is 10.8. The van der Waals surface area contributed by atoms with Crippen molar-refractivity contribution in [2.45, 2.75) is 59.3 Å². The van der Waals surface area contributed by atoms with Crippen LogP contribution in [0.3, 0.4) is 0 Å². The fourth-order valence-corrected chi connectivity index (χ4v) is 2.18. The van der Waals surface area contributed by atoms with Gasteiger partial charge in [0.05, 0.1) is 0 Å². The molecule has 0 amide bonds. The molecular weight excluding hydrogens is 180 g/mol. The molecule has 0 aliphatic rings. The molecule has 15 heavy (non-hydrogen) atoms. The van der Waals surface area contributed by atoms with Crippen molar-refractivity contribution in [2.24, 2.45) is 0 Å². The van der Waals surface area contributed by atoms with Gasteiger partial charge in [-0.1, -0.05) is 45.9 Å². The molecule has 0 aliphatic heterocycles. The Morgan fingerprint density at radius 3 is 1.67 bits per heavy atom. The molecule has 0 radical (unpaired) electrons. The van der Waals surface area contributed by atoms with Gasteiger partial charge in [-0.2, -0.15) is 0 Å². The molecule has 1 aromatic carbocycles. The number of hydrogen-bond donors (Lipinski definition) is 0. The fraction of sp³-hybridized carbons (Fsp3) is 0.600. The zero-order valence-corrected chi connectivity index (χ0v) is 10.8. The van der Waals surface area contributed by atoms with Crippen LogP contribution in [0.15, 0.2) is 18.2 Å². The van der Waals surface area contributed by atoms with Crippen molar-refractivity contribution in [2.75, 3.05) is 0 Å². The van der Waals surface area contributed by atoms with Crippen LogP contribution in [0.1, 0.15) is 69.1 Å². The van der Waals surface area contributed by atoms with E-state index in [4.69, 9.17) is 0 Å². The highest BCUT2D eigenvalue weighted by Crippen LogP contribution is 2.29. The maximum absolute atomic E-state index is 2.32. The second kappa shape index (κ2) is 5.34. The third-order valence-electron chi connectivity index (χ3n) is 3.70. The van der Waals surface area contributed by atoms with E-state index < -0.39 is 0 Å². The zero-order chi connectivity index (χ0) is 11.4. The highest BCUT2D eigenvalue weighted by Gasteiger charge is 2.12. The molecule has 0 heterocycles. The minimum atomic E-state index is 0.689. The van der Waals surface area contributed by atoms with Crippen LogP contribution in [0.4, 0.5) is 0 Å². The molecule has 1 rings (SSSR count). The maximum atomic E-state index is 2.32. The topological polar surface area (TPSA) is 0 Å². The van der Waals surface area contributed by atoms with Crippen molar-refractivity contribution in [3.63, 3.8) is 0 Å². The van der Waals surface area contributed by atoms with E-state index in [9.17, 15) is 0 Å².